The molecule has 53 heavy (non-hydrogen) atoms. The number of hydrogen-bond acceptors (Lipinski definition) is 8. The number of ether oxygens (including phenoxy) is 1. The molecule has 2 aromatic heterocycles. The number of imidazole rings is 1. The van der Waals surface area contributed by atoms with Gasteiger partial charge in [-0.15, -0.1) is 0 Å². The molecule has 2 aromatic carbocycles. The third-order valence-electron chi connectivity index (χ3n) is 8.38. The van der Waals surface area contributed by atoms with Crippen molar-refractivity contribution in [2.24, 2.45) is 0 Å². The molecular weight excluding hydrogens is 683 g/mol. The molecule has 0 radical (unpaired) electrons. The summed E-state index contributed by atoms with van der Waals surface area (Å²) in [6.45, 7) is 4.88. The fraction of sp³-hybridized carbons (Fsp3) is 0.381. The van der Waals surface area contributed by atoms with Crippen LogP contribution in [0.3, 0.4) is 0 Å². The SMILES string of the molecule is CC/C=C\C/C=C\C/C=C\C/C=C\C/C=C\CCCC(=O)NCCCP(=O)(CO[C@H](C)Cn1cnc2c(N)ncnc21)Oc1cccc2ccccc12. The number of hydrogen-bond donors (Lipinski definition) is 2. The second-order valence-electron chi connectivity index (χ2n) is 12.8. The van der Waals surface area contributed by atoms with E-state index in [1.807, 2.05) is 54.0 Å². The lowest BCUT2D eigenvalue weighted by Gasteiger charge is -2.23. The van der Waals surface area contributed by atoms with Gasteiger partial charge in [0.1, 0.15) is 23.9 Å². The number of allylic oxidation sites excluding steroid dienone is 10. The summed E-state index contributed by atoms with van der Waals surface area (Å²) in [5.74, 6) is 0.853. The van der Waals surface area contributed by atoms with E-state index >= 15 is 0 Å². The van der Waals surface area contributed by atoms with Crippen molar-refractivity contribution in [1.82, 2.24) is 24.8 Å². The molecule has 11 heteroatoms. The number of benzene rings is 2. The van der Waals surface area contributed by atoms with Gasteiger partial charge in [-0.3, -0.25) is 9.36 Å². The highest BCUT2D eigenvalue weighted by Gasteiger charge is 2.27. The summed E-state index contributed by atoms with van der Waals surface area (Å²) in [6, 6.07) is 13.6. The zero-order valence-electron chi connectivity index (χ0n) is 31.2. The Bertz CT molecular complexity index is 1910. The van der Waals surface area contributed by atoms with Gasteiger partial charge in [0.05, 0.1) is 19.0 Å². The molecule has 4 aromatic rings. The second kappa shape index (κ2) is 23.0. The lowest BCUT2D eigenvalue weighted by atomic mass is 10.1. The Hall–Kier alpha value is -4.79. The van der Waals surface area contributed by atoms with Crippen LogP contribution in [0.25, 0.3) is 21.9 Å². The first-order chi connectivity index (χ1) is 25.9. The number of nitrogens with one attached hydrogen (secondary N) is 1. The van der Waals surface area contributed by atoms with Crippen LogP contribution in [0.5, 0.6) is 5.75 Å². The molecule has 282 valence electrons. The monoisotopic (exact) mass is 738 g/mol. The van der Waals surface area contributed by atoms with E-state index in [1.54, 1.807) is 6.33 Å². The Morgan fingerprint density at radius 2 is 1.57 bits per heavy atom. The zero-order chi connectivity index (χ0) is 37.6. The van der Waals surface area contributed by atoms with Crippen LogP contribution in [0.15, 0.2) is 116 Å². The number of aromatic nitrogens is 4. The summed E-state index contributed by atoms with van der Waals surface area (Å²) in [6.07, 6.45) is 32.1. The average molecular weight is 739 g/mol. The third kappa shape index (κ3) is 14.6. The summed E-state index contributed by atoms with van der Waals surface area (Å²) in [5.41, 5.74) is 7.08. The standard InChI is InChI=1S/C42H55N6O4P/c1-3-4-5-6-7-8-9-10-11-12-13-14-15-16-17-18-19-28-39(49)44-29-23-30-53(50,52-38-27-22-25-36-24-20-21-26-37(36)38)34-51-35(2)31-48-33-47-40-41(43)45-32-46-42(40)48/h4-5,7-8,10-11,13-14,16-17,20-22,24-27,32-33,35H,3,6,9,12,15,18-19,23,28-31,34H2,1-2H3,(H,44,49)(H2,43,45,46)/b5-4-,8-7-,11-10-,14-13-,17-16-/t35-,53?/m1/s1. The van der Waals surface area contributed by atoms with Crippen LogP contribution in [-0.2, 0) is 20.6 Å². The number of anilines is 1. The van der Waals surface area contributed by atoms with E-state index in [0.717, 1.165) is 55.7 Å². The molecule has 0 aliphatic carbocycles. The van der Waals surface area contributed by atoms with Crippen molar-refractivity contribution >= 4 is 41.0 Å². The van der Waals surface area contributed by atoms with Crippen molar-refractivity contribution in [3.63, 3.8) is 0 Å². The molecule has 1 unspecified atom stereocenters. The number of nitrogen functional groups attached to an aromatic ring is 1. The van der Waals surface area contributed by atoms with Gasteiger partial charge < -0.3 is 24.9 Å². The summed E-state index contributed by atoms with van der Waals surface area (Å²) in [7, 11) is -3.33. The van der Waals surface area contributed by atoms with E-state index in [4.69, 9.17) is 15.0 Å². The van der Waals surface area contributed by atoms with Crippen molar-refractivity contribution in [3.05, 3.63) is 116 Å². The van der Waals surface area contributed by atoms with Crippen LogP contribution in [0.4, 0.5) is 5.82 Å². The number of carbonyl (C=O) groups is 1. The molecule has 0 fully saturated rings. The number of nitrogens with two attached hydrogens (primary N) is 1. The number of nitrogens with zero attached hydrogens (tertiary/aromatic N) is 4. The van der Waals surface area contributed by atoms with Crippen molar-refractivity contribution < 1.29 is 18.6 Å². The first-order valence-electron chi connectivity index (χ1n) is 18.7. The van der Waals surface area contributed by atoms with Crippen molar-refractivity contribution in [2.75, 3.05) is 24.8 Å². The van der Waals surface area contributed by atoms with Crippen LogP contribution in [0, 0.1) is 0 Å². The maximum Gasteiger partial charge on any atom is 0.272 e. The smallest absolute Gasteiger partial charge is 0.272 e. The van der Waals surface area contributed by atoms with Crippen LogP contribution >= 0.6 is 7.37 Å². The lowest BCUT2D eigenvalue weighted by Crippen LogP contribution is -2.25. The van der Waals surface area contributed by atoms with Gasteiger partial charge in [-0.05, 0) is 69.7 Å². The van der Waals surface area contributed by atoms with Gasteiger partial charge in [0.2, 0.25) is 5.91 Å². The van der Waals surface area contributed by atoms with Crippen LogP contribution in [0.1, 0.15) is 71.6 Å². The molecule has 2 atom stereocenters. The Morgan fingerprint density at radius 1 is 0.887 bits per heavy atom. The molecule has 0 spiro atoms. The molecule has 0 aliphatic heterocycles. The lowest BCUT2D eigenvalue weighted by molar-refractivity contribution is -0.121. The van der Waals surface area contributed by atoms with E-state index < -0.39 is 7.37 Å². The number of amides is 1. The summed E-state index contributed by atoms with van der Waals surface area (Å²) < 4.78 is 28.6. The van der Waals surface area contributed by atoms with Crippen LogP contribution in [0.2, 0.25) is 0 Å². The van der Waals surface area contributed by atoms with Gasteiger partial charge in [-0.1, -0.05) is 104 Å². The normalized spacial score (nSPS) is 14.1. The quantitative estimate of drug-likeness (QED) is 0.0412. The summed E-state index contributed by atoms with van der Waals surface area (Å²) >= 11 is 0. The van der Waals surface area contributed by atoms with Crippen molar-refractivity contribution in [1.29, 1.82) is 0 Å². The van der Waals surface area contributed by atoms with Gasteiger partial charge in [-0.25, -0.2) is 15.0 Å². The molecule has 0 aliphatic rings. The topological polar surface area (TPSA) is 134 Å². The average Bonchev–Trinajstić information content (AvgIpc) is 3.57. The predicted octanol–water partition coefficient (Wildman–Crippen LogP) is 9.71. The van der Waals surface area contributed by atoms with Gasteiger partial charge >= 0.3 is 0 Å². The largest absolute Gasteiger partial charge is 0.441 e. The van der Waals surface area contributed by atoms with Gasteiger partial charge in [0.15, 0.2) is 11.5 Å². The highest BCUT2D eigenvalue weighted by Crippen LogP contribution is 2.49. The van der Waals surface area contributed by atoms with Crippen LogP contribution in [-0.4, -0.2) is 50.6 Å². The van der Waals surface area contributed by atoms with E-state index in [9.17, 15) is 9.36 Å². The molecule has 10 nitrogen and oxygen atoms in total. The van der Waals surface area contributed by atoms with E-state index in [0.29, 0.717) is 48.7 Å². The molecular formula is C42H55N6O4P. The van der Waals surface area contributed by atoms with Gasteiger partial charge in [-0.2, -0.15) is 0 Å². The molecule has 4 rings (SSSR count). The maximum absolute atomic E-state index is 14.3. The number of rotatable bonds is 24. The van der Waals surface area contributed by atoms with Crippen molar-refractivity contribution in [3.8, 4) is 5.75 Å². The maximum atomic E-state index is 14.3. The minimum Gasteiger partial charge on any atom is -0.441 e. The molecule has 3 N–H and O–H groups in total. The Balaban J connectivity index is 1.18. The van der Waals surface area contributed by atoms with E-state index in [1.165, 1.54) is 6.33 Å². The highest BCUT2D eigenvalue weighted by atomic mass is 31.2. The highest BCUT2D eigenvalue weighted by molar-refractivity contribution is 7.59. The van der Waals surface area contributed by atoms with Crippen molar-refractivity contribution in [2.45, 2.75) is 84.3 Å². The van der Waals surface area contributed by atoms with Gasteiger partial charge in [0, 0.05) is 24.5 Å². The predicted molar refractivity (Wildman–Crippen MR) is 218 cm³/mol. The third-order valence-corrected chi connectivity index (χ3v) is 10.5. The number of fused-ring (bicyclic) bond motifs is 2. The van der Waals surface area contributed by atoms with E-state index in [2.05, 4.69) is 88.0 Å². The fourth-order valence-electron chi connectivity index (χ4n) is 5.58. The summed E-state index contributed by atoms with van der Waals surface area (Å²) in [4.78, 5) is 25.2. The molecule has 0 saturated heterocycles. The first-order valence-corrected chi connectivity index (χ1v) is 20.7. The van der Waals surface area contributed by atoms with E-state index in [-0.39, 0.29) is 24.5 Å². The molecule has 2 heterocycles. The molecule has 1 amide bonds. The molecule has 0 saturated carbocycles. The van der Waals surface area contributed by atoms with Crippen LogP contribution < -0.4 is 15.6 Å². The number of unbranched alkanes of at least 4 members (excludes halogenated alkanes) is 1. The zero-order valence-corrected chi connectivity index (χ0v) is 32.1. The Kier molecular flexibility index (Phi) is 17.8. The minimum absolute atomic E-state index is 0.0102. The second-order valence-corrected chi connectivity index (χ2v) is 15.4. The Labute approximate surface area is 314 Å². The molecule has 0 bridgehead atoms. The Morgan fingerprint density at radius 3 is 2.30 bits per heavy atom. The number of carbonyl (C=O) groups excluding carboxylic acids is 1. The summed E-state index contributed by atoms with van der Waals surface area (Å²) in [5, 5.41) is 4.86. The fourth-order valence-corrected chi connectivity index (χ4v) is 7.49. The first kappa shape index (κ1) is 41.0. The van der Waals surface area contributed by atoms with Gasteiger partial charge in [0.25, 0.3) is 7.37 Å². The minimum atomic E-state index is -3.33.